The van der Waals surface area contributed by atoms with Gasteiger partial charge in [-0.25, -0.2) is 0 Å². The van der Waals surface area contributed by atoms with E-state index in [0.29, 0.717) is 0 Å². The molecule has 0 spiro atoms. The van der Waals surface area contributed by atoms with Crippen molar-refractivity contribution in [1.29, 1.82) is 0 Å². The maximum absolute atomic E-state index is 9.99. The molecular weight excluding hydrogens is 207 g/mol. The number of carboxylic acids is 2. The maximum Gasteiger partial charge on any atom is 1.00 e. The third kappa shape index (κ3) is 16.6. The standard InChI is InChI=1S/C5H9NO4.3Na/c6-3(5(9)10)1-2-4(7)8;;;/h3H,1-2,6H2,(H,7,8)(H,9,10);;;/q;3*+1/t3-;;;/m0.../s1. The van der Waals surface area contributed by atoms with E-state index in [-0.39, 0.29) is 102 Å². The van der Waals surface area contributed by atoms with Gasteiger partial charge in [-0.3, -0.25) is 9.59 Å². The number of carboxylic acid groups (broad SMARTS) is 2. The van der Waals surface area contributed by atoms with Crippen molar-refractivity contribution >= 4 is 11.9 Å². The van der Waals surface area contributed by atoms with E-state index in [0.717, 1.165) is 0 Å². The van der Waals surface area contributed by atoms with Crippen molar-refractivity contribution in [2.75, 3.05) is 0 Å². The fraction of sp³-hybridized carbons (Fsp3) is 0.600. The summed E-state index contributed by atoms with van der Waals surface area (Å²) in [5, 5.41) is 16.3. The Bertz CT molecular complexity index is 155. The molecule has 0 aliphatic heterocycles. The van der Waals surface area contributed by atoms with E-state index in [1.807, 2.05) is 0 Å². The first-order valence-electron chi connectivity index (χ1n) is 2.74. The SMILES string of the molecule is N[C@@H](CCC(=O)O)C(=O)O.[Na+].[Na+].[Na+]. The molecule has 0 unspecified atom stereocenters. The molecule has 58 valence electrons. The van der Waals surface area contributed by atoms with Gasteiger partial charge in [0.15, 0.2) is 0 Å². The molecule has 0 aliphatic carbocycles. The van der Waals surface area contributed by atoms with Crippen molar-refractivity contribution in [3.63, 3.8) is 0 Å². The van der Waals surface area contributed by atoms with E-state index in [1.54, 1.807) is 0 Å². The summed E-state index contributed by atoms with van der Waals surface area (Å²) in [6, 6.07) is -1.06. The van der Waals surface area contributed by atoms with Crippen LogP contribution in [0.4, 0.5) is 0 Å². The summed E-state index contributed by atoms with van der Waals surface area (Å²) in [6.45, 7) is 0. The number of aliphatic carboxylic acids is 2. The van der Waals surface area contributed by atoms with Crippen molar-refractivity contribution in [3.8, 4) is 0 Å². The third-order valence-electron chi connectivity index (χ3n) is 0.986. The second kappa shape index (κ2) is 13.9. The zero-order valence-electron chi connectivity index (χ0n) is 8.28. The molecule has 0 amide bonds. The van der Waals surface area contributed by atoms with Crippen LogP contribution >= 0.6 is 0 Å². The second-order valence-corrected chi connectivity index (χ2v) is 1.88. The van der Waals surface area contributed by atoms with Gasteiger partial charge in [0.25, 0.3) is 0 Å². The fourth-order valence-corrected chi connectivity index (χ4v) is 0.402. The molecule has 0 radical (unpaired) electrons. The van der Waals surface area contributed by atoms with Crippen LogP contribution in [0.1, 0.15) is 12.8 Å². The minimum absolute atomic E-state index is 0. The van der Waals surface area contributed by atoms with Crippen LogP contribution in [0.3, 0.4) is 0 Å². The number of hydrogen-bond acceptors (Lipinski definition) is 3. The van der Waals surface area contributed by atoms with Crippen molar-refractivity contribution in [3.05, 3.63) is 0 Å². The third-order valence-corrected chi connectivity index (χ3v) is 0.986. The van der Waals surface area contributed by atoms with Gasteiger partial charge >= 0.3 is 101 Å². The molecule has 0 saturated heterocycles. The number of rotatable bonds is 4. The first-order valence-corrected chi connectivity index (χ1v) is 2.74. The Labute approximate surface area is 143 Å². The Morgan fingerprint density at radius 2 is 1.54 bits per heavy atom. The van der Waals surface area contributed by atoms with Crippen molar-refractivity contribution in [2.45, 2.75) is 18.9 Å². The molecule has 0 saturated carbocycles. The molecule has 4 N–H and O–H groups in total. The van der Waals surface area contributed by atoms with Gasteiger partial charge in [0.05, 0.1) is 0 Å². The topological polar surface area (TPSA) is 101 Å². The monoisotopic (exact) mass is 216 g/mol. The van der Waals surface area contributed by atoms with Crippen LogP contribution in [-0.2, 0) is 9.59 Å². The van der Waals surface area contributed by atoms with Crippen LogP contribution in [0.25, 0.3) is 0 Å². The molecule has 0 aromatic rings. The Morgan fingerprint density at radius 3 is 1.77 bits per heavy atom. The van der Waals surface area contributed by atoms with E-state index < -0.39 is 18.0 Å². The van der Waals surface area contributed by atoms with Gasteiger partial charge in [-0.15, -0.1) is 0 Å². The summed E-state index contributed by atoms with van der Waals surface area (Å²) >= 11 is 0. The van der Waals surface area contributed by atoms with Crippen LogP contribution in [0.15, 0.2) is 0 Å². The van der Waals surface area contributed by atoms with Crippen molar-refractivity contribution in [1.82, 2.24) is 0 Å². The maximum atomic E-state index is 9.99. The number of carbonyl (C=O) groups is 2. The van der Waals surface area contributed by atoms with E-state index in [2.05, 4.69) is 0 Å². The molecule has 0 aromatic heterocycles. The Hall–Kier alpha value is 1.90. The molecular formula is C5H9NNa3O4+3. The Balaban J connectivity index is -0.000000135. The summed E-state index contributed by atoms with van der Waals surface area (Å²) in [6.07, 6.45) is -0.224. The molecule has 1 atom stereocenters. The molecule has 0 aromatic carbocycles. The van der Waals surface area contributed by atoms with Crippen molar-refractivity contribution < 1.29 is 108 Å². The average Bonchev–Trinajstić information content (AvgIpc) is 1.82. The quantitative estimate of drug-likeness (QED) is 0.405. The van der Waals surface area contributed by atoms with Crippen LogP contribution < -0.4 is 94.4 Å². The molecule has 0 fully saturated rings. The van der Waals surface area contributed by atoms with Gasteiger partial charge in [-0.1, -0.05) is 0 Å². The molecule has 13 heavy (non-hydrogen) atoms. The first-order chi connectivity index (χ1) is 4.54. The minimum atomic E-state index is -1.17. The Morgan fingerprint density at radius 1 is 1.15 bits per heavy atom. The number of hydrogen-bond donors (Lipinski definition) is 3. The van der Waals surface area contributed by atoms with Crippen LogP contribution in [0.5, 0.6) is 0 Å². The predicted octanol–water partition coefficient (Wildman–Crippen LogP) is -9.72. The summed E-state index contributed by atoms with van der Waals surface area (Å²) in [4.78, 5) is 19.9. The summed E-state index contributed by atoms with van der Waals surface area (Å²) < 4.78 is 0. The summed E-state index contributed by atoms with van der Waals surface area (Å²) in [5.74, 6) is -2.20. The summed E-state index contributed by atoms with van der Waals surface area (Å²) in [7, 11) is 0. The fourth-order valence-electron chi connectivity index (χ4n) is 0.402. The molecule has 0 aliphatic rings. The molecule has 8 heteroatoms. The van der Waals surface area contributed by atoms with Crippen LogP contribution in [0.2, 0.25) is 0 Å². The molecule has 0 bridgehead atoms. The second-order valence-electron chi connectivity index (χ2n) is 1.88. The average molecular weight is 216 g/mol. The zero-order chi connectivity index (χ0) is 8.15. The molecule has 0 heterocycles. The first kappa shape index (κ1) is 24.2. The summed E-state index contributed by atoms with van der Waals surface area (Å²) in [5.41, 5.74) is 5.00. The zero-order valence-corrected chi connectivity index (χ0v) is 14.3. The van der Waals surface area contributed by atoms with Gasteiger partial charge in [0.2, 0.25) is 0 Å². The van der Waals surface area contributed by atoms with Gasteiger partial charge in [-0.2, -0.15) is 0 Å². The van der Waals surface area contributed by atoms with E-state index >= 15 is 0 Å². The van der Waals surface area contributed by atoms with E-state index in [1.165, 1.54) is 0 Å². The molecule has 0 rings (SSSR count). The van der Waals surface area contributed by atoms with Crippen LogP contribution in [-0.4, -0.2) is 28.2 Å². The van der Waals surface area contributed by atoms with Crippen LogP contribution in [0, 0.1) is 0 Å². The minimum Gasteiger partial charge on any atom is -0.481 e. The Kier molecular flexibility index (Phi) is 25.9. The van der Waals surface area contributed by atoms with Gasteiger partial charge in [0.1, 0.15) is 6.04 Å². The van der Waals surface area contributed by atoms with Gasteiger partial charge in [0, 0.05) is 6.42 Å². The molecule has 5 nitrogen and oxygen atoms in total. The van der Waals surface area contributed by atoms with E-state index in [4.69, 9.17) is 15.9 Å². The number of nitrogens with two attached hydrogens (primary N) is 1. The van der Waals surface area contributed by atoms with Crippen molar-refractivity contribution in [2.24, 2.45) is 5.73 Å². The largest absolute Gasteiger partial charge is 1.00 e. The normalized spacial score (nSPS) is 9.62. The van der Waals surface area contributed by atoms with E-state index in [9.17, 15) is 9.59 Å². The van der Waals surface area contributed by atoms with Gasteiger partial charge in [-0.05, 0) is 6.42 Å². The smallest absolute Gasteiger partial charge is 0.481 e. The van der Waals surface area contributed by atoms with Gasteiger partial charge < -0.3 is 15.9 Å². The predicted molar refractivity (Wildman–Crippen MR) is 32.5 cm³/mol.